The summed E-state index contributed by atoms with van der Waals surface area (Å²) in [6, 6.07) is 7.81. The number of carbonyl (C=O) groups is 2. The van der Waals surface area contributed by atoms with Crippen LogP contribution in [0.4, 0.5) is 5.69 Å². The van der Waals surface area contributed by atoms with E-state index in [1.807, 2.05) is 13.0 Å². The summed E-state index contributed by atoms with van der Waals surface area (Å²) in [6.45, 7) is 2.54. The fourth-order valence-corrected chi connectivity index (χ4v) is 1.49. The lowest BCUT2D eigenvalue weighted by molar-refractivity contribution is -0.117. The van der Waals surface area contributed by atoms with Crippen LogP contribution in [0.3, 0.4) is 0 Å². The maximum atomic E-state index is 11.7. The number of unbranched alkanes of at least 4 members (excludes halogenated alkanes) is 1. The number of carbonyl (C=O) groups excluding carboxylic acids is 1. The SMILES string of the molecule is CCCCNC(=O)/C(C#N)=C\Nc1ccc(C(=O)O)cc1. The van der Waals surface area contributed by atoms with Gasteiger partial charge in [0.2, 0.25) is 0 Å². The summed E-state index contributed by atoms with van der Waals surface area (Å²) < 4.78 is 0. The molecule has 0 aliphatic carbocycles. The van der Waals surface area contributed by atoms with Crippen LogP contribution in [0.2, 0.25) is 0 Å². The number of nitriles is 1. The molecule has 1 amide bonds. The van der Waals surface area contributed by atoms with Crippen LogP contribution in [-0.4, -0.2) is 23.5 Å². The molecule has 0 aliphatic heterocycles. The maximum Gasteiger partial charge on any atom is 0.335 e. The maximum absolute atomic E-state index is 11.7. The molecule has 0 radical (unpaired) electrons. The molecular formula is C15H17N3O3. The van der Waals surface area contributed by atoms with E-state index in [1.165, 1.54) is 18.3 Å². The third-order valence-corrected chi connectivity index (χ3v) is 2.70. The number of hydrogen-bond acceptors (Lipinski definition) is 4. The fourth-order valence-electron chi connectivity index (χ4n) is 1.49. The minimum atomic E-state index is -1.01. The van der Waals surface area contributed by atoms with E-state index in [2.05, 4.69) is 10.6 Å². The lowest BCUT2D eigenvalue weighted by Gasteiger charge is -2.04. The molecule has 0 bridgehead atoms. The van der Waals surface area contributed by atoms with E-state index < -0.39 is 11.9 Å². The second kappa shape index (κ2) is 8.38. The number of rotatable bonds is 7. The molecule has 1 aromatic carbocycles. The van der Waals surface area contributed by atoms with Gasteiger partial charge in [-0.3, -0.25) is 4.79 Å². The van der Waals surface area contributed by atoms with Gasteiger partial charge in [0.05, 0.1) is 5.56 Å². The summed E-state index contributed by atoms with van der Waals surface area (Å²) in [5.41, 5.74) is 0.727. The Bertz CT molecular complexity index is 571. The number of anilines is 1. The lowest BCUT2D eigenvalue weighted by atomic mass is 10.2. The van der Waals surface area contributed by atoms with Crippen LogP contribution in [-0.2, 0) is 4.79 Å². The molecule has 0 heterocycles. The predicted molar refractivity (Wildman–Crippen MR) is 78.6 cm³/mol. The molecule has 0 spiro atoms. The molecule has 6 heteroatoms. The normalized spacial score (nSPS) is 10.6. The second-order valence-corrected chi connectivity index (χ2v) is 4.31. The van der Waals surface area contributed by atoms with Crippen molar-refractivity contribution >= 4 is 17.6 Å². The molecule has 0 saturated heterocycles. The van der Waals surface area contributed by atoms with Crippen LogP contribution < -0.4 is 10.6 Å². The van der Waals surface area contributed by atoms with Crippen LogP contribution in [0.1, 0.15) is 30.1 Å². The van der Waals surface area contributed by atoms with Gasteiger partial charge in [0.25, 0.3) is 5.91 Å². The Morgan fingerprint density at radius 1 is 1.33 bits per heavy atom. The van der Waals surface area contributed by atoms with Crippen LogP contribution in [0, 0.1) is 11.3 Å². The highest BCUT2D eigenvalue weighted by Crippen LogP contribution is 2.10. The van der Waals surface area contributed by atoms with Gasteiger partial charge < -0.3 is 15.7 Å². The van der Waals surface area contributed by atoms with Crippen molar-refractivity contribution in [1.82, 2.24) is 5.32 Å². The summed E-state index contributed by atoms with van der Waals surface area (Å²) in [7, 11) is 0. The van der Waals surface area contributed by atoms with E-state index >= 15 is 0 Å². The Labute approximate surface area is 123 Å². The zero-order chi connectivity index (χ0) is 15.7. The molecule has 21 heavy (non-hydrogen) atoms. The summed E-state index contributed by atoms with van der Waals surface area (Å²) in [5.74, 6) is -1.44. The van der Waals surface area contributed by atoms with Crippen LogP contribution in [0.15, 0.2) is 36.0 Å². The van der Waals surface area contributed by atoms with E-state index in [4.69, 9.17) is 10.4 Å². The van der Waals surface area contributed by atoms with Gasteiger partial charge in [-0.15, -0.1) is 0 Å². The summed E-state index contributed by atoms with van der Waals surface area (Å²) in [4.78, 5) is 22.4. The smallest absolute Gasteiger partial charge is 0.335 e. The van der Waals surface area contributed by atoms with Crippen LogP contribution in [0.25, 0.3) is 0 Å². The van der Waals surface area contributed by atoms with Gasteiger partial charge in [-0.2, -0.15) is 5.26 Å². The van der Waals surface area contributed by atoms with Crippen molar-refractivity contribution in [3.63, 3.8) is 0 Å². The first kappa shape index (κ1) is 16.2. The first-order valence-corrected chi connectivity index (χ1v) is 6.56. The predicted octanol–water partition coefficient (Wildman–Crippen LogP) is 2.12. The van der Waals surface area contributed by atoms with Crippen molar-refractivity contribution in [3.05, 3.63) is 41.6 Å². The first-order chi connectivity index (χ1) is 10.1. The third-order valence-electron chi connectivity index (χ3n) is 2.70. The number of aromatic carboxylic acids is 1. The molecule has 0 atom stereocenters. The third kappa shape index (κ3) is 5.37. The molecule has 0 fully saturated rings. The van der Waals surface area contributed by atoms with Crippen LogP contribution in [0.5, 0.6) is 0 Å². The molecular weight excluding hydrogens is 270 g/mol. The van der Waals surface area contributed by atoms with E-state index in [0.717, 1.165) is 12.8 Å². The van der Waals surface area contributed by atoms with Gasteiger partial charge >= 0.3 is 5.97 Å². The minimum Gasteiger partial charge on any atom is -0.478 e. The molecule has 6 nitrogen and oxygen atoms in total. The van der Waals surface area contributed by atoms with Gasteiger partial charge in [-0.25, -0.2) is 4.79 Å². The first-order valence-electron chi connectivity index (χ1n) is 6.56. The van der Waals surface area contributed by atoms with Gasteiger partial charge in [-0.1, -0.05) is 13.3 Å². The van der Waals surface area contributed by atoms with Crippen molar-refractivity contribution in [2.24, 2.45) is 0 Å². The van der Waals surface area contributed by atoms with E-state index in [0.29, 0.717) is 12.2 Å². The number of carboxylic acids is 1. The van der Waals surface area contributed by atoms with E-state index in [9.17, 15) is 9.59 Å². The average Bonchev–Trinajstić information content (AvgIpc) is 2.48. The highest BCUT2D eigenvalue weighted by molar-refractivity contribution is 5.97. The molecule has 3 N–H and O–H groups in total. The number of benzene rings is 1. The number of nitrogens with one attached hydrogen (secondary N) is 2. The Kier molecular flexibility index (Phi) is 6.48. The Hall–Kier alpha value is -2.81. The van der Waals surface area contributed by atoms with Crippen molar-refractivity contribution in [1.29, 1.82) is 5.26 Å². The second-order valence-electron chi connectivity index (χ2n) is 4.31. The molecule has 0 aliphatic rings. The van der Waals surface area contributed by atoms with Crippen molar-refractivity contribution in [3.8, 4) is 6.07 Å². The minimum absolute atomic E-state index is 0.0339. The molecule has 110 valence electrons. The standard InChI is InChI=1S/C15H17N3O3/c1-2-3-8-17-14(19)12(9-16)10-18-13-6-4-11(5-7-13)15(20)21/h4-7,10,18H,2-3,8H2,1H3,(H,17,19)(H,20,21)/b12-10-. The topological polar surface area (TPSA) is 102 Å². The highest BCUT2D eigenvalue weighted by atomic mass is 16.4. The number of hydrogen-bond donors (Lipinski definition) is 3. The van der Waals surface area contributed by atoms with Gasteiger partial charge in [-0.05, 0) is 30.7 Å². The number of carboxylic acid groups (broad SMARTS) is 1. The Morgan fingerprint density at radius 3 is 2.52 bits per heavy atom. The number of amides is 1. The summed E-state index contributed by atoms with van der Waals surface area (Å²) in [5, 5.41) is 23.2. The van der Waals surface area contributed by atoms with Gasteiger partial charge in [0, 0.05) is 18.4 Å². The highest BCUT2D eigenvalue weighted by Gasteiger charge is 2.07. The largest absolute Gasteiger partial charge is 0.478 e. The van der Waals surface area contributed by atoms with Crippen molar-refractivity contribution in [2.45, 2.75) is 19.8 Å². The van der Waals surface area contributed by atoms with Crippen molar-refractivity contribution < 1.29 is 14.7 Å². The quantitative estimate of drug-likeness (QED) is 0.405. The van der Waals surface area contributed by atoms with Gasteiger partial charge in [0.15, 0.2) is 0 Å². The molecule has 1 rings (SSSR count). The van der Waals surface area contributed by atoms with Gasteiger partial charge in [0.1, 0.15) is 11.6 Å². The zero-order valence-electron chi connectivity index (χ0n) is 11.7. The lowest BCUT2D eigenvalue weighted by Crippen LogP contribution is -2.25. The monoisotopic (exact) mass is 287 g/mol. The Morgan fingerprint density at radius 2 is 2.00 bits per heavy atom. The number of nitrogens with zero attached hydrogens (tertiary/aromatic N) is 1. The van der Waals surface area contributed by atoms with Crippen LogP contribution >= 0.6 is 0 Å². The average molecular weight is 287 g/mol. The fraction of sp³-hybridized carbons (Fsp3) is 0.267. The molecule has 0 aromatic heterocycles. The summed E-state index contributed by atoms with van der Waals surface area (Å²) in [6.07, 6.45) is 3.12. The zero-order valence-corrected chi connectivity index (χ0v) is 11.7. The van der Waals surface area contributed by atoms with E-state index in [-0.39, 0.29) is 11.1 Å². The van der Waals surface area contributed by atoms with Crippen molar-refractivity contribution in [2.75, 3.05) is 11.9 Å². The molecule has 0 unspecified atom stereocenters. The Balaban J connectivity index is 2.65. The van der Waals surface area contributed by atoms with E-state index in [1.54, 1.807) is 12.1 Å². The molecule has 1 aromatic rings. The molecule has 0 saturated carbocycles. The summed E-state index contributed by atoms with van der Waals surface area (Å²) >= 11 is 0.